The van der Waals surface area contributed by atoms with Crippen LogP contribution in [0.15, 0.2) is 48.5 Å². The first-order chi connectivity index (χ1) is 14.5. The molecule has 2 fully saturated rings. The van der Waals surface area contributed by atoms with Gasteiger partial charge in [0.05, 0.1) is 12.2 Å². The minimum atomic E-state index is 0.138. The lowest BCUT2D eigenvalue weighted by Crippen LogP contribution is -2.48. The molecule has 5 heteroatoms. The number of amides is 1. The molecule has 2 unspecified atom stereocenters. The molecule has 2 aromatic carbocycles. The molecule has 30 heavy (non-hydrogen) atoms. The SMILES string of the molecule is Cc1cccc(N2CCN(C(=O)c3ccc(CN4CC(C)OC(C)C4)cc3)CC2)c1. The Bertz CT molecular complexity index is 849. The number of morpholine rings is 1. The van der Waals surface area contributed by atoms with Gasteiger partial charge in [-0.2, -0.15) is 0 Å². The minimum Gasteiger partial charge on any atom is -0.373 e. The van der Waals surface area contributed by atoms with Gasteiger partial charge in [0, 0.05) is 57.1 Å². The molecule has 2 saturated heterocycles. The molecule has 0 aromatic heterocycles. The maximum absolute atomic E-state index is 13.0. The Morgan fingerprint density at radius 2 is 1.63 bits per heavy atom. The number of rotatable bonds is 4. The van der Waals surface area contributed by atoms with Gasteiger partial charge in [0.15, 0.2) is 0 Å². The molecule has 4 rings (SSSR count). The van der Waals surface area contributed by atoms with Crippen LogP contribution < -0.4 is 4.90 Å². The molecule has 2 atom stereocenters. The van der Waals surface area contributed by atoms with Crippen LogP contribution in [0.2, 0.25) is 0 Å². The Balaban J connectivity index is 1.32. The van der Waals surface area contributed by atoms with E-state index in [1.54, 1.807) is 0 Å². The van der Waals surface area contributed by atoms with Gasteiger partial charge in [-0.05, 0) is 56.2 Å². The van der Waals surface area contributed by atoms with E-state index in [2.05, 4.69) is 67.0 Å². The molecule has 0 aliphatic carbocycles. The molecule has 2 aliphatic rings. The van der Waals surface area contributed by atoms with Crippen molar-refractivity contribution in [1.82, 2.24) is 9.80 Å². The summed E-state index contributed by atoms with van der Waals surface area (Å²) in [5.74, 6) is 0.138. The number of benzene rings is 2. The monoisotopic (exact) mass is 407 g/mol. The third-order valence-electron chi connectivity index (χ3n) is 6.04. The van der Waals surface area contributed by atoms with Gasteiger partial charge in [0.1, 0.15) is 0 Å². The third kappa shape index (κ3) is 5.02. The lowest BCUT2D eigenvalue weighted by atomic mass is 10.1. The van der Waals surface area contributed by atoms with Crippen molar-refractivity contribution in [3.8, 4) is 0 Å². The van der Waals surface area contributed by atoms with Crippen LogP contribution in [0.1, 0.15) is 35.3 Å². The summed E-state index contributed by atoms with van der Waals surface area (Å²) in [6.07, 6.45) is 0.543. The molecule has 0 N–H and O–H groups in total. The number of nitrogens with zero attached hydrogens (tertiary/aromatic N) is 3. The fraction of sp³-hybridized carbons (Fsp3) is 0.480. The summed E-state index contributed by atoms with van der Waals surface area (Å²) in [4.78, 5) is 19.7. The second kappa shape index (κ2) is 9.19. The van der Waals surface area contributed by atoms with Crippen LogP contribution in [0.5, 0.6) is 0 Å². The average molecular weight is 408 g/mol. The topological polar surface area (TPSA) is 36.0 Å². The maximum atomic E-state index is 13.0. The predicted molar refractivity (Wildman–Crippen MR) is 121 cm³/mol. The molecule has 1 amide bonds. The Labute approximate surface area is 180 Å². The highest BCUT2D eigenvalue weighted by molar-refractivity contribution is 5.94. The number of aryl methyl sites for hydroxylation is 1. The zero-order valence-electron chi connectivity index (χ0n) is 18.4. The average Bonchev–Trinajstić information content (AvgIpc) is 2.73. The van der Waals surface area contributed by atoms with Crippen LogP contribution in [-0.4, -0.2) is 67.2 Å². The van der Waals surface area contributed by atoms with Gasteiger partial charge in [0.2, 0.25) is 0 Å². The van der Waals surface area contributed by atoms with Crippen molar-refractivity contribution < 1.29 is 9.53 Å². The standard InChI is InChI=1S/C25H33N3O2/c1-19-5-4-6-24(15-19)27-11-13-28(14-12-27)25(29)23-9-7-22(8-10-23)18-26-16-20(2)30-21(3)17-26/h4-10,15,20-21H,11-14,16-18H2,1-3H3. The van der Waals surface area contributed by atoms with E-state index >= 15 is 0 Å². The normalized spacial score (nSPS) is 22.9. The van der Waals surface area contributed by atoms with Crippen LogP contribution in [0.25, 0.3) is 0 Å². The van der Waals surface area contributed by atoms with Crippen molar-refractivity contribution in [3.63, 3.8) is 0 Å². The van der Waals surface area contributed by atoms with Crippen LogP contribution >= 0.6 is 0 Å². The Morgan fingerprint density at radius 1 is 0.967 bits per heavy atom. The first-order valence-electron chi connectivity index (χ1n) is 11.1. The zero-order valence-corrected chi connectivity index (χ0v) is 18.4. The summed E-state index contributed by atoms with van der Waals surface area (Å²) < 4.78 is 5.82. The summed E-state index contributed by atoms with van der Waals surface area (Å²) >= 11 is 0. The van der Waals surface area contributed by atoms with E-state index < -0.39 is 0 Å². The van der Waals surface area contributed by atoms with Crippen molar-refractivity contribution in [2.45, 2.75) is 39.5 Å². The Hall–Kier alpha value is -2.37. The fourth-order valence-electron chi connectivity index (χ4n) is 4.60. The summed E-state index contributed by atoms with van der Waals surface area (Å²) in [6, 6.07) is 16.7. The van der Waals surface area contributed by atoms with Crippen molar-refractivity contribution >= 4 is 11.6 Å². The molecule has 2 aromatic rings. The number of hydrogen-bond donors (Lipinski definition) is 0. The van der Waals surface area contributed by atoms with Gasteiger partial charge in [-0.1, -0.05) is 24.3 Å². The molecule has 0 bridgehead atoms. The van der Waals surface area contributed by atoms with Crippen LogP contribution in [0.3, 0.4) is 0 Å². The van der Waals surface area contributed by atoms with E-state index in [9.17, 15) is 4.79 Å². The quantitative estimate of drug-likeness (QED) is 0.776. The van der Waals surface area contributed by atoms with E-state index in [0.717, 1.165) is 51.4 Å². The molecule has 0 saturated carbocycles. The van der Waals surface area contributed by atoms with E-state index in [0.29, 0.717) is 0 Å². The van der Waals surface area contributed by atoms with Gasteiger partial charge in [-0.25, -0.2) is 0 Å². The van der Waals surface area contributed by atoms with Gasteiger partial charge < -0.3 is 14.5 Å². The Morgan fingerprint density at radius 3 is 2.27 bits per heavy atom. The minimum absolute atomic E-state index is 0.138. The van der Waals surface area contributed by atoms with Crippen molar-refractivity contribution in [3.05, 3.63) is 65.2 Å². The molecule has 2 heterocycles. The highest BCUT2D eigenvalue weighted by atomic mass is 16.5. The summed E-state index contributed by atoms with van der Waals surface area (Å²) in [7, 11) is 0. The Kier molecular flexibility index (Phi) is 6.40. The highest BCUT2D eigenvalue weighted by Crippen LogP contribution is 2.19. The van der Waals surface area contributed by atoms with Gasteiger partial charge in [-0.15, -0.1) is 0 Å². The van der Waals surface area contributed by atoms with Crippen LogP contribution in [-0.2, 0) is 11.3 Å². The second-order valence-electron chi connectivity index (χ2n) is 8.77. The van der Waals surface area contributed by atoms with Crippen LogP contribution in [0.4, 0.5) is 5.69 Å². The fourth-order valence-corrected chi connectivity index (χ4v) is 4.60. The molecular weight excluding hydrogens is 374 g/mol. The highest BCUT2D eigenvalue weighted by Gasteiger charge is 2.24. The number of piperazine rings is 1. The van der Waals surface area contributed by atoms with Gasteiger partial charge in [-0.3, -0.25) is 9.69 Å². The maximum Gasteiger partial charge on any atom is 0.253 e. The first kappa shape index (κ1) is 20.9. The van der Waals surface area contributed by atoms with E-state index in [4.69, 9.17) is 4.74 Å². The third-order valence-corrected chi connectivity index (χ3v) is 6.04. The number of carbonyl (C=O) groups excluding carboxylic acids is 1. The molecule has 0 spiro atoms. The van der Waals surface area contributed by atoms with E-state index in [1.165, 1.54) is 16.8 Å². The molecular formula is C25H33N3O2. The predicted octanol–water partition coefficient (Wildman–Crippen LogP) is 3.57. The number of ether oxygens (including phenoxy) is 1. The van der Waals surface area contributed by atoms with Crippen LogP contribution in [0, 0.1) is 6.92 Å². The molecule has 160 valence electrons. The number of carbonyl (C=O) groups is 1. The van der Waals surface area contributed by atoms with Crippen molar-refractivity contribution in [2.75, 3.05) is 44.2 Å². The lowest BCUT2D eigenvalue weighted by molar-refractivity contribution is -0.0704. The zero-order chi connectivity index (χ0) is 21.1. The molecule has 5 nitrogen and oxygen atoms in total. The summed E-state index contributed by atoms with van der Waals surface area (Å²) in [6.45, 7) is 12.5. The molecule has 2 aliphatic heterocycles. The van der Waals surface area contributed by atoms with Crippen molar-refractivity contribution in [1.29, 1.82) is 0 Å². The summed E-state index contributed by atoms with van der Waals surface area (Å²) in [5, 5.41) is 0. The second-order valence-corrected chi connectivity index (χ2v) is 8.77. The van der Waals surface area contributed by atoms with Gasteiger partial charge in [0.25, 0.3) is 5.91 Å². The number of hydrogen-bond acceptors (Lipinski definition) is 4. The first-order valence-corrected chi connectivity index (χ1v) is 11.1. The van der Waals surface area contributed by atoms with E-state index in [-0.39, 0.29) is 18.1 Å². The molecule has 0 radical (unpaired) electrons. The number of anilines is 1. The van der Waals surface area contributed by atoms with Gasteiger partial charge >= 0.3 is 0 Å². The van der Waals surface area contributed by atoms with E-state index in [1.807, 2.05) is 17.0 Å². The summed E-state index contributed by atoms with van der Waals surface area (Å²) in [5.41, 5.74) is 4.55. The van der Waals surface area contributed by atoms with Crippen molar-refractivity contribution in [2.24, 2.45) is 0 Å². The smallest absolute Gasteiger partial charge is 0.253 e. The lowest BCUT2D eigenvalue weighted by Gasteiger charge is -2.36. The largest absolute Gasteiger partial charge is 0.373 e.